The van der Waals surface area contributed by atoms with E-state index >= 15 is 0 Å². The van der Waals surface area contributed by atoms with E-state index in [0.717, 1.165) is 10.9 Å². The maximum Gasteiger partial charge on any atom is 0.329 e. The molecule has 0 aliphatic rings. The van der Waals surface area contributed by atoms with Gasteiger partial charge in [-0.1, -0.05) is 0 Å². The van der Waals surface area contributed by atoms with Gasteiger partial charge in [-0.3, -0.25) is 9.59 Å². The second kappa shape index (κ2) is 7.81. The van der Waals surface area contributed by atoms with Crippen LogP contribution in [0.5, 0.6) is 5.88 Å². The summed E-state index contributed by atoms with van der Waals surface area (Å²) in [7, 11) is 1.46. The summed E-state index contributed by atoms with van der Waals surface area (Å²) < 4.78 is 19.7. The molecule has 2 rings (SSSR count). The molecule has 0 saturated carbocycles. The molecular formula is C14H15FN6O3. The summed E-state index contributed by atoms with van der Waals surface area (Å²) in [5, 5.41) is 9.64. The highest BCUT2D eigenvalue weighted by Gasteiger charge is 2.13. The summed E-state index contributed by atoms with van der Waals surface area (Å²) in [5.41, 5.74) is 2.41. The number of aryl methyl sites for hydroxylation is 1. The number of halogens is 1. The number of carbonyl (C=O) groups excluding carboxylic acids is 2. The van der Waals surface area contributed by atoms with E-state index in [1.165, 1.54) is 31.6 Å². The van der Waals surface area contributed by atoms with Crippen LogP contribution in [-0.2, 0) is 16.1 Å². The van der Waals surface area contributed by atoms with Crippen LogP contribution in [0.15, 0.2) is 29.6 Å². The molecule has 126 valence electrons. The van der Waals surface area contributed by atoms with Gasteiger partial charge >= 0.3 is 11.8 Å². The number of nitrogens with zero attached hydrogens (tertiary/aromatic N) is 4. The van der Waals surface area contributed by atoms with Gasteiger partial charge in [0.15, 0.2) is 0 Å². The van der Waals surface area contributed by atoms with Crippen molar-refractivity contribution in [2.24, 2.45) is 5.10 Å². The number of hydrazone groups is 1. The van der Waals surface area contributed by atoms with E-state index in [0.29, 0.717) is 18.1 Å². The number of amides is 2. The highest BCUT2D eigenvalue weighted by Crippen LogP contribution is 2.10. The van der Waals surface area contributed by atoms with Gasteiger partial charge in [0.25, 0.3) is 0 Å². The van der Waals surface area contributed by atoms with Gasteiger partial charge in [-0.05, 0) is 13.0 Å². The smallest absolute Gasteiger partial charge is 0.329 e. The Morgan fingerprint density at radius 1 is 1.38 bits per heavy atom. The monoisotopic (exact) mass is 334 g/mol. The van der Waals surface area contributed by atoms with E-state index in [2.05, 4.69) is 20.5 Å². The SMILES string of the molecule is CCn1ncc(/C=N\NC(=O)C(=O)Nc2ccc(OC)nc2)c1F. The minimum absolute atomic E-state index is 0.0944. The number of pyridine rings is 1. The van der Waals surface area contributed by atoms with E-state index in [9.17, 15) is 14.0 Å². The molecule has 0 bridgehead atoms. The number of carbonyl (C=O) groups is 2. The van der Waals surface area contributed by atoms with Crippen molar-refractivity contribution in [2.45, 2.75) is 13.5 Å². The third kappa shape index (κ3) is 4.12. The first-order valence-electron chi connectivity index (χ1n) is 6.91. The normalized spacial score (nSPS) is 10.6. The Hall–Kier alpha value is -3.30. The molecule has 0 fully saturated rings. The maximum absolute atomic E-state index is 13.7. The Labute approximate surface area is 136 Å². The Kier molecular flexibility index (Phi) is 5.55. The number of rotatable bonds is 5. The summed E-state index contributed by atoms with van der Waals surface area (Å²) in [6.45, 7) is 2.10. The molecule has 2 aromatic heterocycles. The number of ether oxygens (including phenoxy) is 1. The summed E-state index contributed by atoms with van der Waals surface area (Å²) >= 11 is 0. The molecule has 0 saturated heterocycles. The van der Waals surface area contributed by atoms with Crippen molar-refractivity contribution < 1.29 is 18.7 Å². The quantitative estimate of drug-likeness (QED) is 0.471. The van der Waals surface area contributed by atoms with Crippen LogP contribution in [0.4, 0.5) is 10.1 Å². The molecule has 0 aliphatic carbocycles. The Morgan fingerprint density at radius 3 is 2.75 bits per heavy atom. The largest absolute Gasteiger partial charge is 0.481 e. The van der Waals surface area contributed by atoms with E-state index < -0.39 is 17.8 Å². The van der Waals surface area contributed by atoms with Crippen LogP contribution in [0.1, 0.15) is 12.5 Å². The van der Waals surface area contributed by atoms with Crippen LogP contribution in [0.3, 0.4) is 0 Å². The zero-order valence-electron chi connectivity index (χ0n) is 13.0. The molecule has 0 aliphatic heterocycles. The van der Waals surface area contributed by atoms with Gasteiger partial charge in [-0.25, -0.2) is 15.1 Å². The Balaban J connectivity index is 1.90. The van der Waals surface area contributed by atoms with Gasteiger partial charge in [-0.2, -0.15) is 14.6 Å². The third-order valence-corrected chi connectivity index (χ3v) is 2.88. The molecular weight excluding hydrogens is 319 g/mol. The zero-order valence-corrected chi connectivity index (χ0v) is 13.0. The van der Waals surface area contributed by atoms with Crippen molar-refractivity contribution >= 4 is 23.7 Å². The molecule has 0 atom stereocenters. The van der Waals surface area contributed by atoms with E-state index in [-0.39, 0.29) is 5.56 Å². The number of hydrogen-bond donors (Lipinski definition) is 2. The van der Waals surface area contributed by atoms with E-state index in [1.54, 1.807) is 6.92 Å². The number of aromatic nitrogens is 3. The summed E-state index contributed by atoms with van der Waals surface area (Å²) in [6, 6.07) is 3.05. The molecule has 24 heavy (non-hydrogen) atoms. The van der Waals surface area contributed by atoms with Crippen LogP contribution in [0.2, 0.25) is 0 Å². The van der Waals surface area contributed by atoms with Crippen LogP contribution < -0.4 is 15.5 Å². The highest BCUT2D eigenvalue weighted by atomic mass is 19.1. The fourth-order valence-corrected chi connectivity index (χ4v) is 1.67. The molecule has 2 aromatic rings. The molecule has 2 N–H and O–H groups in total. The summed E-state index contributed by atoms with van der Waals surface area (Å²) in [5.74, 6) is -2.16. The zero-order chi connectivity index (χ0) is 17.5. The molecule has 2 heterocycles. The second-order valence-corrected chi connectivity index (χ2v) is 4.45. The summed E-state index contributed by atoms with van der Waals surface area (Å²) in [4.78, 5) is 27.2. The van der Waals surface area contributed by atoms with Crippen molar-refractivity contribution in [1.82, 2.24) is 20.2 Å². The lowest BCUT2D eigenvalue weighted by Crippen LogP contribution is -2.32. The topological polar surface area (TPSA) is 110 Å². The minimum Gasteiger partial charge on any atom is -0.481 e. The molecule has 0 aromatic carbocycles. The third-order valence-electron chi connectivity index (χ3n) is 2.88. The predicted octanol–water partition coefficient (Wildman–Crippen LogP) is 0.534. The van der Waals surface area contributed by atoms with Crippen LogP contribution >= 0.6 is 0 Å². The lowest BCUT2D eigenvalue weighted by atomic mass is 10.4. The lowest BCUT2D eigenvalue weighted by Gasteiger charge is -2.04. The number of nitrogens with one attached hydrogen (secondary N) is 2. The van der Waals surface area contributed by atoms with Crippen molar-refractivity contribution in [3.05, 3.63) is 36.0 Å². The van der Waals surface area contributed by atoms with Crippen molar-refractivity contribution in [2.75, 3.05) is 12.4 Å². The van der Waals surface area contributed by atoms with Gasteiger partial charge in [0.05, 0.1) is 37.0 Å². The average Bonchev–Trinajstić information content (AvgIpc) is 2.95. The first-order chi connectivity index (χ1) is 11.5. The second-order valence-electron chi connectivity index (χ2n) is 4.45. The number of methoxy groups -OCH3 is 1. The fourth-order valence-electron chi connectivity index (χ4n) is 1.67. The first-order valence-corrected chi connectivity index (χ1v) is 6.91. The minimum atomic E-state index is -1.01. The van der Waals surface area contributed by atoms with E-state index in [4.69, 9.17) is 4.74 Å². The molecule has 2 amide bonds. The fraction of sp³-hybridized carbons (Fsp3) is 0.214. The lowest BCUT2D eigenvalue weighted by molar-refractivity contribution is -0.136. The summed E-state index contributed by atoms with van der Waals surface area (Å²) in [6.07, 6.45) is 3.66. The van der Waals surface area contributed by atoms with Gasteiger partial charge in [-0.15, -0.1) is 0 Å². The Morgan fingerprint density at radius 2 is 2.17 bits per heavy atom. The van der Waals surface area contributed by atoms with Crippen molar-refractivity contribution in [3.63, 3.8) is 0 Å². The Bertz CT molecular complexity index is 756. The van der Waals surface area contributed by atoms with Crippen LogP contribution in [0, 0.1) is 5.95 Å². The van der Waals surface area contributed by atoms with Crippen LogP contribution in [0.25, 0.3) is 0 Å². The standard InChI is InChI=1S/C14H15FN6O3/c1-3-21-12(15)9(7-18-21)6-17-20-14(23)13(22)19-10-4-5-11(24-2)16-8-10/h4-8H,3H2,1-2H3,(H,19,22)(H,20,23)/b17-6-. The number of hydrogen-bond acceptors (Lipinski definition) is 6. The van der Waals surface area contributed by atoms with E-state index in [1.807, 2.05) is 5.43 Å². The molecule has 0 radical (unpaired) electrons. The van der Waals surface area contributed by atoms with Gasteiger partial charge < -0.3 is 10.1 Å². The average molecular weight is 334 g/mol. The molecule has 9 nitrogen and oxygen atoms in total. The van der Waals surface area contributed by atoms with Gasteiger partial charge in [0.1, 0.15) is 0 Å². The molecule has 10 heteroatoms. The van der Waals surface area contributed by atoms with Gasteiger partial charge in [0.2, 0.25) is 11.8 Å². The first kappa shape index (κ1) is 17.1. The highest BCUT2D eigenvalue weighted by molar-refractivity contribution is 6.39. The number of anilines is 1. The van der Waals surface area contributed by atoms with Crippen LogP contribution in [-0.4, -0.2) is 39.9 Å². The van der Waals surface area contributed by atoms with Crippen molar-refractivity contribution in [3.8, 4) is 5.88 Å². The van der Waals surface area contributed by atoms with Crippen molar-refractivity contribution in [1.29, 1.82) is 0 Å². The predicted molar refractivity (Wildman–Crippen MR) is 83.0 cm³/mol. The van der Waals surface area contributed by atoms with Gasteiger partial charge in [0, 0.05) is 12.6 Å². The maximum atomic E-state index is 13.7. The molecule has 0 spiro atoms. The molecule has 0 unspecified atom stereocenters.